The van der Waals surface area contributed by atoms with E-state index < -0.39 is 10.0 Å². The van der Waals surface area contributed by atoms with Crippen LogP contribution in [0.3, 0.4) is 0 Å². The third-order valence-electron chi connectivity index (χ3n) is 9.64. The van der Waals surface area contributed by atoms with Gasteiger partial charge in [0.2, 0.25) is 10.0 Å². The highest BCUT2D eigenvalue weighted by Crippen LogP contribution is 2.45. The number of benzene rings is 3. The normalized spacial score (nSPS) is 20.0. The smallest absolute Gasteiger partial charge is 0.306 e. The summed E-state index contributed by atoms with van der Waals surface area (Å²) in [5.74, 6) is 1.78. The van der Waals surface area contributed by atoms with Crippen molar-refractivity contribution in [3.8, 4) is 28.4 Å². The van der Waals surface area contributed by atoms with Crippen LogP contribution in [0.5, 0.6) is 17.2 Å². The zero-order valence-electron chi connectivity index (χ0n) is 27.2. The largest absolute Gasteiger partial charge is 0.493 e. The fraction of sp³-hybridized carbons (Fsp3) is 0.472. The molecule has 2 aliphatic heterocycles. The van der Waals surface area contributed by atoms with Gasteiger partial charge in [-0.25, -0.2) is 17.1 Å². The number of fused-ring (bicyclic) bond motifs is 2. The molecule has 10 heteroatoms. The Bertz CT molecular complexity index is 1740. The zero-order valence-corrected chi connectivity index (χ0v) is 28.0. The van der Waals surface area contributed by atoms with E-state index in [2.05, 4.69) is 13.8 Å². The number of rotatable bonds is 11. The Morgan fingerprint density at radius 1 is 1.04 bits per heavy atom. The average molecular weight is 652 g/mol. The highest BCUT2D eigenvalue weighted by atomic mass is 32.2. The highest BCUT2D eigenvalue weighted by Gasteiger charge is 2.44. The number of carbonyl (C=O) groups excluding carboxylic acids is 1. The van der Waals surface area contributed by atoms with Gasteiger partial charge in [0.25, 0.3) is 0 Å². The third-order valence-corrected chi connectivity index (χ3v) is 10.8. The lowest BCUT2D eigenvalue weighted by Gasteiger charge is -2.45. The summed E-state index contributed by atoms with van der Waals surface area (Å²) in [6.07, 6.45) is 3.86. The van der Waals surface area contributed by atoms with E-state index in [1.807, 2.05) is 43.3 Å². The van der Waals surface area contributed by atoms with Crippen LogP contribution in [-0.4, -0.2) is 65.0 Å². The van der Waals surface area contributed by atoms with E-state index in [9.17, 15) is 13.2 Å². The van der Waals surface area contributed by atoms with Crippen LogP contribution >= 0.6 is 0 Å². The number of methoxy groups -OCH3 is 1. The SMILES string of the molecule is COC(=O)CC1COc2cc(OCCC3CCc4c(-c5c(C)cc(OCC6(C)CN(S(C)(=O)=O)C6)cc5C)ccc(F)c43)ccc21. The van der Waals surface area contributed by atoms with Gasteiger partial charge in [-0.05, 0) is 96.7 Å². The molecule has 0 N–H and O–H groups in total. The molecule has 3 aliphatic rings. The Hall–Kier alpha value is -3.63. The van der Waals surface area contributed by atoms with Crippen LogP contribution < -0.4 is 14.2 Å². The van der Waals surface area contributed by atoms with Crippen LogP contribution in [0.25, 0.3) is 11.1 Å². The molecule has 1 fully saturated rings. The van der Waals surface area contributed by atoms with Crippen molar-refractivity contribution in [3.63, 3.8) is 0 Å². The molecule has 3 aromatic carbocycles. The molecule has 0 aromatic heterocycles. The predicted octanol–water partition coefficient (Wildman–Crippen LogP) is 6.31. The first-order chi connectivity index (χ1) is 21.8. The molecule has 0 bridgehead atoms. The average Bonchev–Trinajstić information content (AvgIpc) is 3.59. The molecular weight excluding hydrogens is 609 g/mol. The molecule has 0 radical (unpaired) electrons. The van der Waals surface area contributed by atoms with Crippen LogP contribution in [-0.2, 0) is 26.0 Å². The number of nitrogens with zero attached hydrogens (tertiary/aromatic N) is 1. The van der Waals surface area contributed by atoms with Gasteiger partial charge in [-0.3, -0.25) is 4.79 Å². The summed E-state index contributed by atoms with van der Waals surface area (Å²) in [5.41, 5.74) is 6.89. The Balaban J connectivity index is 1.11. The number of halogens is 1. The number of hydrogen-bond donors (Lipinski definition) is 0. The summed E-state index contributed by atoms with van der Waals surface area (Å²) < 4.78 is 63.3. The number of carbonyl (C=O) groups is 1. The summed E-state index contributed by atoms with van der Waals surface area (Å²) in [4.78, 5) is 11.7. The summed E-state index contributed by atoms with van der Waals surface area (Å²) in [6.45, 7) is 8.38. The maximum Gasteiger partial charge on any atom is 0.306 e. The molecule has 2 atom stereocenters. The molecule has 246 valence electrons. The molecule has 3 aromatic rings. The Labute approximate surface area is 270 Å². The fourth-order valence-electron chi connectivity index (χ4n) is 7.27. The van der Waals surface area contributed by atoms with Crippen LogP contribution in [0, 0.1) is 25.1 Å². The van der Waals surface area contributed by atoms with Crippen molar-refractivity contribution in [2.75, 3.05) is 46.3 Å². The second-order valence-electron chi connectivity index (χ2n) is 13.4. The molecular formula is C36H42FNO7S. The van der Waals surface area contributed by atoms with Crippen molar-refractivity contribution in [1.29, 1.82) is 0 Å². The number of sulfonamides is 1. The quantitative estimate of drug-likeness (QED) is 0.225. The van der Waals surface area contributed by atoms with Crippen molar-refractivity contribution in [1.82, 2.24) is 4.31 Å². The molecule has 6 rings (SSSR count). The Morgan fingerprint density at radius 2 is 1.78 bits per heavy atom. The van der Waals surface area contributed by atoms with E-state index in [-0.39, 0.29) is 35.5 Å². The highest BCUT2D eigenvalue weighted by molar-refractivity contribution is 7.88. The molecule has 0 spiro atoms. The number of hydrogen-bond acceptors (Lipinski definition) is 7. The van der Waals surface area contributed by atoms with Crippen molar-refractivity contribution in [3.05, 3.63) is 76.1 Å². The first kappa shape index (κ1) is 32.3. The minimum atomic E-state index is -3.18. The van der Waals surface area contributed by atoms with Crippen molar-refractivity contribution < 1.29 is 36.6 Å². The lowest BCUT2D eigenvalue weighted by Crippen LogP contribution is -2.58. The Kier molecular flexibility index (Phi) is 8.80. The van der Waals surface area contributed by atoms with Crippen molar-refractivity contribution in [2.24, 2.45) is 5.41 Å². The van der Waals surface area contributed by atoms with Gasteiger partial charge in [0.15, 0.2) is 0 Å². The van der Waals surface area contributed by atoms with Gasteiger partial charge >= 0.3 is 5.97 Å². The van der Waals surface area contributed by atoms with E-state index in [0.717, 1.165) is 63.3 Å². The summed E-state index contributed by atoms with van der Waals surface area (Å²) in [6, 6.07) is 13.2. The molecule has 2 unspecified atom stereocenters. The molecule has 1 aliphatic carbocycles. The van der Waals surface area contributed by atoms with Crippen LogP contribution in [0.15, 0.2) is 42.5 Å². The summed E-state index contributed by atoms with van der Waals surface area (Å²) >= 11 is 0. The summed E-state index contributed by atoms with van der Waals surface area (Å²) in [5, 5.41) is 0. The topological polar surface area (TPSA) is 91.4 Å². The first-order valence-corrected chi connectivity index (χ1v) is 17.7. The van der Waals surface area contributed by atoms with Crippen molar-refractivity contribution >= 4 is 16.0 Å². The van der Waals surface area contributed by atoms with E-state index in [4.69, 9.17) is 18.9 Å². The third kappa shape index (κ3) is 6.47. The van der Waals surface area contributed by atoms with Crippen LogP contribution in [0.1, 0.15) is 65.8 Å². The molecule has 8 nitrogen and oxygen atoms in total. The van der Waals surface area contributed by atoms with Crippen LogP contribution in [0.4, 0.5) is 4.39 Å². The van der Waals surface area contributed by atoms with Gasteiger partial charge < -0.3 is 18.9 Å². The van der Waals surface area contributed by atoms with Crippen molar-refractivity contribution in [2.45, 2.75) is 58.3 Å². The zero-order chi connectivity index (χ0) is 32.8. The number of aryl methyl sites for hydroxylation is 2. The van der Waals surface area contributed by atoms with Crippen LogP contribution in [0.2, 0.25) is 0 Å². The van der Waals surface area contributed by atoms with E-state index in [0.29, 0.717) is 45.1 Å². The van der Waals surface area contributed by atoms with Gasteiger partial charge in [-0.15, -0.1) is 0 Å². The molecule has 0 saturated carbocycles. The maximum atomic E-state index is 15.4. The molecule has 2 heterocycles. The monoisotopic (exact) mass is 651 g/mol. The summed E-state index contributed by atoms with van der Waals surface area (Å²) in [7, 11) is -1.79. The molecule has 1 saturated heterocycles. The second kappa shape index (κ2) is 12.5. The second-order valence-corrected chi connectivity index (χ2v) is 15.4. The van der Waals surface area contributed by atoms with E-state index in [1.165, 1.54) is 17.7 Å². The number of ether oxygens (including phenoxy) is 4. The fourth-order valence-corrected chi connectivity index (χ4v) is 8.36. The van der Waals surface area contributed by atoms with Gasteiger partial charge in [-0.1, -0.05) is 19.1 Å². The van der Waals surface area contributed by atoms with E-state index in [1.54, 1.807) is 6.07 Å². The lowest BCUT2D eigenvalue weighted by atomic mass is 9.85. The predicted molar refractivity (Wildman–Crippen MR) is 174 cm³/mol. The van der Waals surface area contributed by atoms with Gasteiger partial charge in [0.1, 0.15) is 23.1 Å². The molecule has 46 heavy (non-hydrogen) atoms. The Morgan fingerprint density at radius 3 is 2.48 bits per heavy atom. The van der Waals surface area contributed by atoms with Gasteiger partial charge in [-0.2, -0.15) is 0 Å². The van der Waals surface area contributed by atoms with Gasteiger partial charge in [0.05, 0.1) is 39.6 Å². The minimum Gasteiger partial charge on any atom is -0.493 e. The maximum absolute atomic E-state index is 15.4. The molecule has 0 amide bonds. The van der Waals surface area contributed by atoms with Gasteiger partial charge in [0, 0.05) is 36.1 Å². The first-order valence-electron chi connectivity index (χ1n) is 15.8. The minimum absolute atomic E-state index is 0.0225. The number of esters is 1. The lowest BCUT2D eigenvalue weighted by molar-refractivity contribution is -0.141. The van der Waals surface area contributed by atoms with E-state index >= 15 is 4.39 Å². The standard InChI is InChI=1S/C36H42FNO7S/c1-22-14-27(45-21-36(3)19-38(20-36)46(5,40)41)15-23(2)34(22)29-10-11-31(37)35-24(6-8-30(29)35)12-13-43-26-7-9-28-25(16-33(39)42-4)18-44-32(28)17-26/h7,9-11,14-15,17,24-25H,6,8,12-13,16,18-21H2,1-5H3.